The molecule has 5 aromatic rings. The summed E-state index contributed by atoms with van der Waals surface area (Å²) in [5.74, 6) is 0.417. The first-order valence-electron chi connectivity index (χ1n) is 11.8. The van der Waals surface area contributed by atoms with Crippen molar-refractivity contribution in [2.75, 3.05) is 7.05 Å². The first kappa shape index (κ1) is 23.8. The summed E-state index contributed by atoms with van der Waals surface area (Å²) in [5.41, 5.74) is 4.41. The molecule has 0 aliphatic heterocycles. The van der Waals surface area contributed by atoms with Gasteiger partial charge in [0.15, 0.2) is 5.16 Å². The van der Waals surface area contributed by atoms with Gasteiger partial charge in [0.1, 0.15) is 0 Å². The second-order valence-electron chi connectivity index (χ2n) is 9.01. The van der Waals surface area contributed by atoms with Gasteiger partial charge in [-0.25, -0.2) is 4.57 Å². The van der Waals surface area contributed by atoms with Crippen molar-refractivity contribution in [3.63, 3.8) is 0 Å². The van der Waals surface area contributed by atoms with Crippen LogP contribution in [-0.4, -0.2) is 42.3 Å². The Hall–Kier alpha value is -3.91. The highest BCUT2D eigenvalue weighted by molar-refractivity contribution is 8.00. The van der Waals surface area contributed by atoms with Crippen molar-refractivity contribution in [3.8, 4) is 5.69 Å². The van der Waals surface area contributed by atoms with Crippen LogP contribution in [-0.2, 0) is 11.3 Å². The van der Waals surface area contributed by atoms with Crippen LogP contribution in [0.4, 0.5) is 0 Å². The molecule has 182 valence electrons. The molecule has 0 saturated carbocycles. The fraction of sp³-hybridized carbons (Fsp3) is 0.214. The molecule has 0 radical (unpaired) electrons. The minimum absolute atomic E-state index is 0.00670. The zero-order valence-corrected chi connectivity index (χ0v) is 21.5. The van der Waals surface area contributed by atoms with Gasteiger partial charge >= 0.3 is 0 Å². The summed E-state index contributed by atoms with van der Waals surface area (Å²) in [4.78, 5) is 28.5. The molecular formula is C28H27N5O2S. The molecule has 7 nitrogen and oxygen atoms in total. The number of fused-ring (bicyclic) bond motifs is 3. The lowest BCUT2D eigenvalue weighted by molar-refractivity contribution is -0.129. The van der Waals surface area contributed by atoms with Crippen LogP contribution in [0.5, 0.6) is 0 Å². The van der Waals surface area contributed by atoms with E-state index in [0.29, 0.717) is 28.4 Å². The number of aryl methyl sites for hydroxylation is 2. The van der Waals surface area contributed by atoms with Crippen molar-refractivity contribution in [2.24, 2.45) is 0 Å². The number of amides is 1. The first-order chi connectivity index (χ1) is 17.3. The molecule has 0 fully saturated rings. The van der Waals surface area contributed by atoms with Gasteiger partial charge in [0.25, 0.3) is 5.56 Å². The van der Waals surface area contributed by atoms with Gasteiger partial charge in [-0.3, -0.25) is 14.0 Å². The Morgan fingerprint density at radius 3 is 2.50 bits per heavy atom. The Morgan fingerprint density at radius 2 is 1.72 bits per heavy atom. The number of aromatic nitrogens is 4. The van der Waals surface area contributed by atoms with Gasteiger partial charge in [-0.05, 0) is 55.7 Å². The molecule has 0 N–H and O–H groups in total. The van der Waals surface area contributed by atoms with E-state index in [1.165, 1.54) is 11.8 Å². The predicted molar refractivity (Wildman–Crippen MR) is 144 cm³/mol. The Bertz CT molecular complexity index is 1640. The molecular weight excluding hydrogens is 470 g/mol. The Morgan fingerprint density at radius 1 is 1.00 bits per heavy atom. The van der Waals surface area contributed by atoms with Crippen molar-refractivity contribution >= 4 is 34.3 Å². The molecule has 3 aromatic carbocycles. The molecule has 1 unspecified atom stereocenters. The maximum Gasteiger partial charge on any atom is 0.267 e. The average Bonchev–Trinajstić information content (AvgIpc) is 3.29. The van der Waals surface area contributed by atoms with Crippen LogP contribution in [0.15, 0.2) is 82.7 Å². The number of rotatable bonds is 6. The molecule has 0 aliphatic rings. The summed E-state index contributed by atoms with van der Waals surface area (Å²) in [5, 5.41) is 9.60. The summed E-state index contributed by atoms with van der Waals surface area (Å²) in [6.07, 6.45) is 0. The normalized spacial score (nSPS) is 12.2. The van der Waals surface area contributed by atoms with E-state index in [1.54, 1.807) is 9.47 Å². The molecule has 0 spiro atoms. The smallest absolute Gasteiger partial charge is 0.267 e. The van der Waals surface area contributed by atoms with Gasteiger partial charge in [0.05, 0.1) is 21.8 Å². The fourth-order valence-electron chi connectivity index (χ4n) is 4.39. The van der Waals surface area contributed by atoms with E-state index < -0.39 is 5.25 Å². The summed E-state index contributed by atoms with van der Waals surface area (Å²) >= 11 is 1.34. The van der Waals surface area contributed by atoms with E-state index >= 15 is 0 Å². The molecule has 2 aromatic heterocycles. The van der Waals surface area contributed by atoms with Crippen molar-refractivity contribution in [1.29, 1.82) is 0 Å². The number of carbonyl (C=O) groups excluding carboxylic acids is 1. The molecule has 36 heavy (non-hydrogen) atoms. The number of nitrogens with zero attached hydrogens (tertiary/aromatic N) is 5. The highest BCUT2D eigenvalue weighted by Crippen LogP contribution is 2.28. The predicted octanol–water partition coefficient (Wildman–Crippen LogP) is 4.79. The monoisotopic (exact) mass is 497 g/mol. The molecule has 0 saturated heterocycles. The Kier molecular flexibility index (Phi) is 6.36. The SMILES string of the molecule is Cc1ccc(C)c(-n2c(=O)c3ccccc3n3c(SC(C)C(=O)N(C)Cc4ccccc4)nnc23)c1. The molecule has 1 atom stereocenters. The van der Waals surface area contributed by atoms with Crippen LogP contribution in [0.3, 0.4) is 0 Å². The topological polar surface area (TPSA) is 72.5 Å². The van der Waals surface area contributed by atoms with E-state index in [4.69, 9.17) is 0 Å². The van der Waals surface area contributed by atoms with E-state index in [9.17, 15) is 9.59 Å². The van der Waals surface area contributed by atoms with Crippen molar-refractivity contribution < 1.29 is 4.79 Å². The molecule has 1 amide bonds. The van der Waals surface area contributed by atoms with Crippen LogP contribution in [0, 0.1) is 13.8 Å². The van der Waals surface area contributed by atoms with E-state index in [2.05, 4.69) is 10.2 Å². The second kappa shape index (κ2) is 9.62. The number of hydrogen-bond donors (Lipinski definition) is 0. The summed E-state index contributed by atoms with van der Waals surface area (Å²) in [7, 11) is 1.81. The molecule has 8 heteroatoms. The maximum absolute atomic E-state index is 13.6. The zero-order valence-electron chi connectivity index (χ0n) is 20.7. The second-order valence-corrected chi connectivity index (χ2v) is 10.3. The number of carbonyl (C=O) groups is 1. The standard InChI is InChI=1S/C28H27N5O2S/c1-18-14-15-19(2)24(16-18)32-26(35)22-12-8-9-13-23(22)33-27(32)29-30-28(33)36-20(3)25(34)31(4)17-21-10-6-5-7-11-21/h5-16,20H,17H2,1-4H3. The molecule has 0 aliphatic carbocycles. The lowest BCUT2D eigenvalue weighted by Gasteiger charge is -2.21. The van der Waals surface area contributed by atoms with Gasteiger partial charge in [-0.1, -0.05) is 66.4 Å². The van der Waals surface area contributed by atoms with Crippen LogP contribution in [0.25, 0.3) is 22.4 Å². The van der Waals surface area contributed by atoms with E-state index in [1.807, 2.05) is 105 Å². The highest BCUT2D eigenvalue weighted by atomic mass is 32.2. The van der Waals surface area contributed by atoms with Gasteiger partial charge in [-0.2, -0.15) is 0 Å². The summed E-state index contributed by atoms with van der Waals surface area (Å²) in [6.45, 7) is 6.37. The van der Waals surface area contributed by atoms with Gasteiger partial charge < -0.3 is 4.90 Å². The Labute approximate surface area is 213 Å². The molecule has 2 heterocycles. The number of thioether (sulfide) groups is 1. The molecule has 5 rings (SSSR count). The number of para-hydroxylation sites is 1. The van der Waals surface area contributed by atoms with Crippen molar-refractivity contribution in [3.05, 3.63) is 99.8 Å². The largest absolute Gasteiger partial charge is 0.340 e. The van der Waals surface area contributed by atoms with E-state index in [0.717, 1.165) is 22.4 Å². The zero-order chi connectivity index (χ0) is 25.4. The quantitative estimate of drug-likeness (QED) is 0.316. The van der Waals surface area contributed by atoms with Crippen LogP contribution in [0.1, 0.15) is 23.6 Å². The highest BCUT2D eigenvalue weighted by Gasteiger charge is 2.24. The maximum atomic E-state index is 13.6. The number of hydrogen-bond acceptors (Lipinski definition) is 5. The minimum atomic E-state index is -0.397. The van der Waals surface area contributed by atoms with E-state index in [-0.39, 0.29) is 11.5 Å². The third-order valence-electron chi connectivity index (χ3n) is 6.27. The number of benzene rings is 3. The summed E-state index contributed by atoms with van der Waals surface area (Å²) < 4.78 is 3.50. The summed E-state index contributed by atoms with van der Waals surface area (Å²) in [6, 6.07) is 23.4. The lowest BCUT2D eigenvalue weighted by Crippen LogP contribution is -2.32. The fourth-order valence-corrected chi connectivity index (χ4v) is 5.36. The van der Waals surface area contributed by atoms with Crippen LogP contribution < -0.4 is 5.56 Å². The first-order valence-corrected chi connectivity index (χ1v) is 12.6. The van der Waals surface area contributed by atoms with Gasteiger partial charge in [-0.15, -0.1) is 10.2 Å². The van der Waals surface area contributed by atoms with Crippen LogP contribution >= 0.6 is 11.8 Å². The average molecular weight is 498 g/mol. The third kappa shape index (κ3) is 4.28. The minimum Gasteiger partial charge on any atom is -0.340 e. The van der Waals surface area contributed by atoms with Crippen LogP contribution in [0.2, 0.25) is 0 Å². The van der Waals surface area contributed by atoms with Gasteiger partial charge in [0.2, 0.25) is 11.7 Å². The lowest BCUT2D eigenvalue weighted by atomic mass is 10.1. The van der Waals surface area contributed by atoms with Crippen molar-refractivity contribution in [1.82, 2.24) is 24.1 Å². The van der Waals surface area contributed by atoms with Crippen molar-refractivity contribution in [2.45, 2.75) is 37.7 Å². The third-order valence-corrected chi connectivity index (χ3v) is 7.30. The Balaban J connectivity index is 1.58. The van der Waals surface area contributed by atoms with Gasteiger partial charge in [0, 0.05) is 13.6 Å². The molecule has 0 bridgehead atoms.